The van der Waals surface area contributed by atoms with Gasteiger partial charge in [0.1, 0.15) is 11.4 Å². The van der Waals surface area contributed by atoms with Gasteiger partial charge in [0.25, 0.3) is 0 Å². The van der Waals surface area contributed by atoms with E-state index in [1.165, 1.54) is 0 Å². The van der Waals surface area contributed by atoms with Crippen molar-refractivity contribution in [3.05, 3.63) is 29.8 Å². The first-order valence-corrected chi connectivity index (χ1v) is 9.54. The molecule has 1 saturated heterocycles. The fourth-order valence-corrected chi connectivity index (χ4v) is 5.21. The maximum Gasteiger partial charge on any atom is 0.338 e. The second kappa shape index (κ2) is 6.08. The second-order valence-electron chi connectivity index (χ2n) is 8.48. The van der Waals surface area contributed by atoms with Gasteiger partial charge in [-0.05, 0) is 36.6 Å². The Morgan fingerprint density at radius 1 is 1.19 bits per heavy atom. The zero-order chi connectivity index (χ0) is 18.5. The lowest BCUT2D eigenvalue weighted by atomic mass is 9.76. The highest BCUT2D eigenvalue weighted by Crippen LogP contribution is 2.63. The van der Waals surface area contributed by atoms with Crippen molar-refractivity contribution in [2.45, 2.75) is 39.2 Å². The first kappa shape index (κ1) is 17.5. The Kier molecular flexibility index (Phi) is 4.10. The molecule has 2 aliphatic carbocycles. The molecule has 1 aliphatic heterocycles. The lowest BCUT2D eigenvalue weighted by molar-refractivity contribution is -0.125. The topological polar surface area (TPSA) is 55.8 Å². The summed E-state index contributed by atoms with van der Waals surface area (Å²) < 4.78 is 11.4. The van der Waals surface area contributed by atoms with Crippen LogP contribution in [0, 0.1) is 17.3 Å². The molecule has 1 aromatic rings. The van der Waals surface area contributed by atoms with Crippen LogP contribution in [0.2, 0.25) is 0 Å². The van der Waals surface area contributed by atoms with Gasteiger partial charge in [0.2, 0.25) is 0 Å². The van der Waals surface area contributed by atoms with E-state index in [0.717, 1.165) is 38.4 Å². The Morgan fingerprint density at radius 3 is 2.42 bits per heavy atom. The number of ether oxygens (including phenoxy) is 2. The van der Waals surface area contributed by atoms with E-state index in [4.69, 9.17) is 9.47 Å². The molecule has 3 unspecified atom stereocenters. The summed E-state index contributed by atoms with van der Waals surface area (Å²) in [5.41, 5.74) is 0.664. The van der Waals surface area contributed by atoms with Gasteiger partial charge in [-0.3, -0.25) is 4.79 Å². The maximum atomic E-state index is 12.8. The number of carbonyl (C=O) groups excluding carboxylic acids is 2. The van der Waals surface area contributed by atoms with E-state index in [1.54, 1.807) is 0 Å². The highest BCUT2D eigenvalue weighted by atomic mass is 16.6. The lowest BCUT2D eigenvalue weighted by Crippen LogP contribution is -2.46. The third-order valence-corrected chi connectivity index (χ3v) is 6.93. The summed E-state index contributed by atoms with van der Waals surface area (Å²) in [6, 6.07) is 7.58. The first-order valence-electron chi connectivity index (χ1n) is 9.54. The molecule has 26 heavy (non-hydrogen) atoms. The summed E-state index contributed by atoms with van der Waals surface area (Å²) in [5, 5.41) is 0. The summed E-state index contributed by atoms with van der Waals surface area (Å²) >= 11 is 0. The number of hydrogen-bond acceptors (Lipinski definition) is 5. The third-order valence-electron chi connectivity index (χ3n) is 6.93. The Labute approximate surface area is 154 Å². The highest BCUT2D eigenvalue weighted by molar-refractivity contribution is 5.92. The van der Waals surface area contributed by atoms with Gasteiger partial charge in [0.15, 0.2) is 0 Å². The zero-order valence-corrected chi connectivity index (χ0v) is 15.8. The molecule has 0 aromatic heterocycles. The molecule has 0 radical (unpaired) electrons. The SMILES string of the molecule is CC1CC2C(=O)CC1(OC(=O)c1ccc(N3CCOCC3)cc1)C2(C)C. The number of carbonyl (C=O) groups is 2. The van der Waals surface area contributed by atoms with Crippen LogP contribution in [0.25, 0.3) is 0 Å². The minimum Gasteiger partial charge on any atom is -0.454 e. The number of morpholine rings is 1. The van der Waals surface area contributed by atoms with Crippen LogP contribution in [0.3, 0.4) is 0 Å². The number of Topliss-reactive ketones (excluding diaryl/α,β-unsaturated/α-hetero) is 1. The largest absolute Gasteiger partial charge is 0.454 e. The predicted octanol–water partition coefficient (Wildman–Crippen LogP) is 3.07. The van der Waals surface area contributed by atoms with Gasteiger partial charge in [0, 0.05) is 36.5 Å². The molecule has 5 heteroatoms. The Bertz CT molecular complexity index is 720. The minimum atomic E-state index is -0.672. The predicted molar refractivity (Wildman–Crippen MR) is 98.3 cm³/mol. The summed E-state index contributed by atoms with van der Waals surface area (Å²) in [5.74, 6) is 0.128. The molecule has 1 heterocycles. The number of ketones is 1. The number of nitrogens with zero attached hydrogens (tertiary/aromatic N) is 1. The monoisotopic (exact) mass is 357 g/mol. The van der Waals surface area contributed by atoms with Crippen molar-refractivity contribution in [2.24, 2.45) is 17.3 Å². The van der Waals surface area contributed by atoms with E-state index >= 15 is 0 Å². The zero-order valence-electron chi connectivity index (χ0n) is 15.8. The molecule has 140 valence electrons. The normalized spacial score (nSPS) is 32.7. The molecule has 2 saturated carbocycles. The summed E-state index contributed by atoms with van der Waals surface area (Å²) in [6.45, 7) is 9.43. The Morgan fingerprint density at radius 2 is 1.85 bits per heavy atom. The van der Waals surface area contributed by atoms with Crippen LogP contribution >= 0.6 is 0 Å². The Hall–Kier alpha value is -1.88. The van der Waals surface area contributed by atoms with Crippen LogP contribution in [-0.2, 0) is 14.3 Å². The van der Waals surface area contributed by atoms with Crippen molar-refractivity contribution in [1.82, 2.24) is 0 Å². The van der Waals surface area contributed by atoms with E-state index in [9.17, 15) is 9.59 Å². The lowest BCUT2D eigenvalue weighted by Gasteiger charge is -2.39. The first-order chi connectivity index (χ1) is 12.3. The van der Waals surface area contributed by atoms with E-state index in [-0.39, 0.29) is 29.0 Å². The molecule has 3 aliphatic rings. The molecular weight excluding hydrogens is 330 g/mol. The number of esters is 1. The number of benzene rings is 1. The standard InChI is InChI=1S/C21H27NO4/c1-14-12-17-18(23)13-21(14,20(17,2)3)26-19(24)15-4-6-16(7-5-15)22-8-10-25-11-9-22/h4-7,14,17H,8-13H2,1-3H3. The average Bonchev–Trinajstić information content (AvgIpc) is 2.94. The third kappa shape index (κ3) is 2.48. The molecule has 1 aromatic carbocycles. The van der Waals surface area contributed by atoms with Crippen molar-refractivity contribution < 1.29 is 19.1 Å². The van der Waals surface area contributed by atoms with Gasteiger partial charge in [0.05, 0.1) is 18.8 Å². The molecule has 0 spiro atoms. The van der Waals surface area contributed by atoms with Gasteiger partial charge >= 0.3 is 5.97 Å². The summed E-state index contributed by atoms with van der Waals surface area (Å²) in [7, 11) is 0. The van der Waals surface area contributed by atoms with Crippen LogP contribution in [0.4, 0.5) is 5.69 Å². The van der Waals surface area contributed by atoms with Crippen molar-refractivity contribution in [1.29, 1.82) is 0 Å². The van der Waals surface area contributed by atoms with E-state index in [2.05, 4.69) is 25.7 Å². The van der Waals surface area contributed by atoms with Gasteiger partial charge in [-0.15, -0.1) is 0 Å². The summed E-state index contributed by atoms with van der Waals surface area (Å²) in [6.07, 6.45) is 1.17. The number of fused-ring (bicyclic) bond motifs is 2. The van der Waals surface area contributed by atoms with Gasteiger partial charge in [-0.25, -0.2) is 4.79 Å². The number of anilines is 1. The van der Waals surface area contributed by atoms with E-state index in [0.29, 0.717) is 12.0 Å². The van der Waals surface area contributed by atoms with Crippen LogP contribution in [-0.4, -0.2) is 43.7 Å². The van der Waals surface area contributed by atoms with Crippen LogP contribution in [0.5, 0.6) is 0 Å². The fraction of sp³-hybridized carbons (Fsp3) is 0.619. The average molecular weight is 357 g/mol. The number of hydrogen-bond donors (Lipinski definition) is 0. The van der Waals surface area contributed by atoms with E-state index < -0.39 is 5.60 Å². The molecule has 3 atom stereocenters. The minimum absolute atomic E-state index is 0.00833. The number of rotatable bonds is 3. The van der Waals surface area contributed by atoms with Crippen molar-refractivity contribution in [2.75, 3.05) is 31.2 Å². The molecule has 3 fully saturated rings. The maximum absolute atomic E-state index is 12.8. The second-order valence-corrected chi connectivity index (χ2v) is 8.48. The van der Waals surface area contributed by atoms with Crippen LogP contribution in [0.1, 0.15) is 44.0 Å². The van der Waals surface area contributed by atoms with Crippen molar-refractivity contribution >= 4 is 17.4 Å². The molecule has 0 N–H and O–H groups in total. The van der Waals surface area contributed by atoms with Gasteiger partial charge in [-0.2, -0.15) is 0 Å². The van der Waals surface area contributed by atoms with Crippen LogP contribution in [0.15, 0.2) is 24.3 Å². The van der Waals surface area contributed by atoms with Gasteiger partial charge in [-0.1, -0.05) is 20.8 Å². The molecule has 0 amide bonds. The molecule has 2 bridgehead atoms. The molecule has 4 rings (SSSR count). The smallest absolute Gasteiger partial charge is 0.338 e. The van der Waals surface area contributed by atoms with Crippen molar-refractivity contribution in [3.63, 3.8) is 0 Å². The van der Waals surface area contributed by atoms with Crippen molar-refractivity contribution in [3.8, 4) is 0 Å². The van der Waals surface area contributed by atoms with Gasteiger partial charge < -0.3 is 14.4 Å². The molecular formula is C21H27NO4. The van der Waals surface area contributed by atoms with Crippen LogP contribution < -0.4 is 4.90 Å². The highest BCUT2D eigenvalue weighted by Gasteiger charge is 2.69. The fourth-order valence-electron chi connectivity index (χ4n) is 5.21. The van der Waals surface area contributed by atoms with E-state index in [1.807, 2.05) is 24.3 Å². The quantitative estimate of drug-likeness (QED) is 0.778. The Balaban J connectivity index is 1.52. The summed E-state index contributed by atoms with van der Waals surface area (Å²) in [4.78, 5) is 27.4. The molecule has 5 nitrogen and oxygen atoms in total.